The summed E-state index contributed by atoms with van der Waals surface area (Å²) >= 11 is 0. The maximum absolute atomic E-state index is 5.92. The van der Waals surface area contributed by atoms with Crippen molar-refractivity contribution in [2.24, 2.45) is 0 Å². The second kappa shape index (κ2) is 8.32. The lowest BCUT2D eigenvalue weighted by molar-refractivity contribution is -0.0652. The van der Waals surface area contributed by atoms with Gasteiger partial charge in [-0.05, 0) is 50.6 Å². The van der Waals surface area contributed by atoms with E-state index < -0.39 is 0 Å². The summed E-state index contributed by atoms with van der Waals surface area (Å²) in [4.78, 5) is 2.47. The highest BCUT2D eigenvalue weighted by molar-refractivity contribution is 5.55. The third-order valence-electron chi connectivity index (χ3n) is 4.22. The average Bonchev–Trinajstić information content (AvgIpc) is 2.55. The van der Waals surface area contributed by atoms with E-state index in [-0.39, 0.29) is 0 Å². The number of benzene rings is 2. The number of rotatable bonds is 5. The highest BCUT2D eigenvalue weighted by Crippen LogP contribution is 2.23. The smallest absolute Gasteiger partial charge is 0.128 e. The minimum atomic E-state index is 0.305. The molecule has 1 heterocycles. The standard InChI is InChI=1S/C22H27NO2/c1-17(14-23-15-18(2)24-19(3)16-23)12-20-8-7-11-22(13-20)25-21-9-5-4-6-10-21/h4-13,18-19H,14-16H2,1-3H3. The van der Waals surface area contributed by atoms with Crippen LogP contribution in [0.4, 0.5) is 0 Å². The van der Waals surface area contributed by atoms with Crippen LogP contribution < -0.4 is 4.74 Å². The summed E-state index contributed by atoms with van der Waals surface area (Å²) in [5, 5.41) is 0. The first-order valence-corrected chi connectivity index (χ1v) is 8.96. The normalized spacial score (nSPS) is 22.0. The van der Waals surface area contributed by atoms with E-state index in [2.05, 4.69) is 43.9 Å². The molecule has 0 radical (unpaired) electrons. The predicted molar refractivity (Wildman–Crippen MR) is 103 cm³/mol. The lowest BCUT2D eigenvalue weighted by atomic mass is 10.1. The van der Waals surface area contributed by atoms with Gasteiger partial charge in [-0.1, -0.05) is 42.0 Å². The molecule has 3 nitrogen and oxygen atoms in total. The Morgan fingerprint density at radius 2 is 1.72 bits per heavy atom. The molecule has 0 saturated carbocycles. The minimum Gasteiger partial charge on any atom is -0.457 e. The number of para-hydroxylation sites is 1. The molecule has 1 saturated heterocycles. The Bertz CT molecular complexity index is 701. The van der Waals surface area contributed by atoms with E-state index >= 15 is 0 Å². The van der Waals surface area contributed by atoms with Crippen LogP contribution in [0.1, 0.15) is 26.3 Å². The summed E-state index contributed by atoms with van der Waals surface area (Å²) in [7, 11) is 0. The van der Waals surface area contributed by atoms with Crippen molar-refractivity contribution < 1.29 is 9.47 Å². The Morgan fingerprint density at radius 3 is 2.44 bits per heavy atom. The highest BCUT2D eigenvalue weighted by Gasteiger charge is 2.21. The van der Waals surface area contributed by atoms with Crippen molar-refractivity contribution in [3.8, 4) is 11.5 Å². The largest absolute Gasteiger partial charge is 0.457 e. The molecule has 3 heteroatoms. The van der Waals surface area contributed by atoms with Gasteiger partial charge < -0.3 is 9.47 Å². The lowest BCUT2D eigenvalue weighted by Gasteiger charge is -2.35. The van der Waals surface area contributed by atoms with Crippen LogP contribution in [0.5, 0.6) is 11.5 Å². The molecule has 0 aliphatic carbocycles. The zero-order valence-electron chi connectivity index (χ0n) is 15.3. The second-order valence-corrected chi connectivity index (χ2v) is 6.93. The van der Waals surface area contributed by atoms with Crippen LogP contribution in [-0.4, -0.2) is 36.7 Å². The number of nitrogens with zero attached hydrogens (tertiary/aromatic N) is 1. The molecule has 2 unspecified atom stereocenters. The van der Waals surface area contributed by atoms with Crippen LogP contribution in [-0.2, 0) is 4.74 Å². The van der Waals surface area contributed by atoms with Crippen LogP contribution in [0.2, 0.25) is 0 Å². The Morgan fingerprint density at radius 1 is 1.04 bits per heavy atom. The van der Waals surface area contributed by atoms with Crippen LogP contribution in [0.15, 0.2) is 60.2 Å². The molecule has 0 bridgehead atoms. The van der Waals surface area contributed by atoms with Gasteiger partial charge in [-0.15, -0.1) is 0 Å². The van der Waals surface area contributed by atoms with Crippen LogP contribution in [0.25, 0.3) is 6.08 Å². The molecule has 3 rings (SSSR count). The second-order valence-electron chi connectivity index (χ2n) is 6.93. The Balaban J connectivity index is 1.65. The number of morpholine rings is 1. The zero-order chi connectivity index (χ0) is 17.6. The Kier molecular flexibility index (Phi) is 5.90. The summed E-state index contributed by atoms with van der Waals surface area (Å²) in [6.07, 6.45) is 2.85. The van der Waals surface area contributed by atoms with Crippen molar-refractivity contribution in [3.05, 3.63) is 65.7 Å². The maximum atomic E-state index is 5.92. The quantitative estimate of drug-likeness (QED) is 0.767. The fourth-order valence-electron chi connectivity index (χ4n) is 3.39. The summed E-state index contributed by atoms with van der Waals surface area (Å²) in [6, 6.07) is 18.1. The van der Waals surface area contributed by atoms with Gasteiger partial charge in [-0.25, -0.2) is 0 Å². The predicted octanol–water partition coefficient (Wildman–Crippen LogP) is 4.99. The van der Waals surface area contributed by atoms with Gasteiger partial charge in [0.15, 0.2) is 0 Å². The summed E-state index contributed by atoms with van der Waals surface area (Å²) in [5.74, 6) is 1.72. The maximum Gasteiger partial charge on any atom is 0.128 e. The fraction of sp³-hybridized carbons (Fsp3) is 0.364. The van der Waals surface area contributed by atoms with E-state index in [1.165, 1.54) is 11.1 Å². The van der Waals surface area contributed by atoms with Crippen LogP contribution >= 0.6 is 0 Å². The van der Waals surface area contributed by atoms with Crippen LogP contribution in [0.3, 0.4) is 0 Å². The highest BCUT2D eigenvalue weighted by atomic mass is 16.5. The Hall–Kier alpha value is -2.10. The number of hydrogen-bond acceptors (Lipinski definition) is 3. The molecule has 25 heavy (non-hydrogen) atoms. The average molecular weight is 337 g/mol. The zero-order valence-corrected chi connectivity index (χ0v) is 15.3. The van der Waals surface area contributed by atoms with E-state index in [0.29, 0.717) is 12.2 Å². The molecular formula is C22H27NO2. The molecule has 1 aliphatic heterocycles. The molecule has 2 aromatic carbocycles. The molecule has 0 aromatic heterocycles. The van der Waals surface area contributed by atoms with Gasteiger partial charge in [0.25, 0.3) is 0 Å². The van der Waals surface area contributed by atoms with Crippen molar-refractivity contribution in [1.82, 2.24) is 4.90 Å². The van der Waals surface area contributed by atoms with Crippen molar-refractivity contribution in [2.45, 2.75) is 33.0 Å². The molecule has 0 amide bonds. The molecule has 132 valence electrons. The first kappa shape index (κ1) is 17.7. The van der Waals surface area contributed by atoms with Gasteiger partial charge in [0.2, 0.25) is 0 Å². The van der Waals surface area contributed by atoms with Crippen molar-refractivity contribution in [2.75, 3.05) is 19.6 Å². The monoisotopic (exact) mass is 337 g/mol. The number of ether oxygens (including phenoxy) is 2. The molecular weight excluding hydrogens is 310 g/mol. The summed E-state index contributed by atoms with van der Waals surface area (Å²) in [5.41, 5.74) is 2.51. The van der Waals surface area contributed by atoms with Gasteiger partial charge in [0, 0.05) is 19.6 Å². The van der Waals surface area contributed by atoms with Crippen LogP contribution in [0, 0.1) is 0 Å². The van der Waals surface area contributed by atoms with E-state index in [9.17, 15) is 0 Å². The summed E-state index contributed by atoms with van der Waals surface area (Å²) < 4.78 is 11.7. The van der Waals surface area contributed by atoms with Crippen molar-refractivity contribution in [1.29, 1.82) is 0 Å². The lowest BCUT2D eigenvalue weighted by Crippen LogP contribution is -2.45. The topological polar surface area (TPSA) is 21.7 Å². The van der Waals surface area contributed by atoms with Crippen molar-refractivity contribution >= 4 is 6.08 Å². The number of hydrogen-bond donors (Lipinski definition) is 0. The van der Waals surface area contributed by atoms with E-state index in [1.807, 2.05) is 42.5 Å². The van der Waals surface area contributed by atoms with Gasteiger partial charge in [0.05, 0.1) is 12.2 Å². The third-order valence-corrected chi connectivity index (χ3v) is 4.22. The minimum absolute atomic E-state index is 0.305. The van der Waals surface area contributed by atoms with Gasteiger partial charge in [0.1, 0.15) is 11.5 Å². The molecule has 1 fully saturated rings. The van der Waals surface area contributed by atoms with E-state index in [0.717, 1.165) is 31.1 Å². The summed E-state index contributed by atoms with van der Waals surface area (Å²) in [6.45, 7) is 9.44. The molecule has 2 aromatic rings. The van der Waals surface area contributed by atoms with Gasteiger partial charge in [-0.3, -0.25) is 4.90 Å². The van der Waals surface area contributed by atoms with E-state index in [4.69, 9.17) is 9.47 Å². The first-order chi connectivity index (χ1) is 12.1. The first-order valence-electron chi connectivity index (χ1n) is 8.96. The molecule has 0 spiro atoms. The van der Waals surface area contributed by atoms with Gasteiger partial charge in [-0.2, -0.15) is 0 Å². The third kappa shape index (κ3) is 5.45. The molecule has 2 atom stereocenters. The fourth-order valence-corrected chi connectivity index (χ4v) is 3.39. The SMILES string of the molecule is CC(=Cc1cccc(Oc2ccccc2)c1)CN1CC(C)OC(C)C1. The van der Waals surface area contributed by atoms with Crippen molar-refractivity contribution in [3.63, 3.8) is 0 Å². The molecule has 0 N–H and O–H groups in total. The molecule has 1 aliphatic rings. The van der Waals surface area contributed by atoms with Gasteiger partial charge >= 0.3 is 0 Å². The Labute approximate surface area is 150 Å². The van der Waals surface area contributed by atoms with E-state index in [1.54, 1.807) is 0 Å².